The molecule has 1 aromatic carbocycles. The van der Waals surface area contributed by atoms with Gasteiger partial charge in [0.2, 0.25) is 5.91 Å². The first kappa shape index (κ1) is 15.5. The Hall–Kier alpha value is -1.87. The molecular weight excluding hydrogens is 284 g/mol. The van der Waals surface area contributed by atoms with Crippen LogP contribution in [0.2, 0.25) is 5.15 Å². The van der Waals surface area contributed by atoms with Gasteiger partial charge in [-0.25, -0.2) is 4.98 Å². The van der Waals surface area contributed by atoms with Crippen molar-refractivity contribution in [3.05, 3.63) is 47.2 Å². The normalized spacial score (nSPS) is 10.8. The summed E-state index contributed by atoms with van der Waals surface area (Å²) in [5.74, 6) is -0.0237. The van der Waals surface area contributed by atoms with E-state index in [0.29, 0.717) is 5.15 Å². The van der Waals surface area contributed by atoms with Crippen molar-refractivity contribution in [1.29, 1.82) is 0 Å². The van der Waals surface area contributed by atoms with Gasteiger partial charge in [-0.15, -0.1) is 0 Å². The molecule has 0 aliphatic rings. The molecule has 1 amide bonds. The molecule has 0 saturated carbocycles. The third-order valence-corrected chi connectivity index (χ3v) is 3.68. The van der Waals surface area contributed by atoms with Gasteiger partial charge < -0.3 is 4.90 Å². The van der Waals surface area contributed by atoms with E-state index in [2.05, 4.69) is 4.98 Å². The molecule has 1 heterocycles. The fourth-order valence-electron chi connectivity index (χ4n) is 2.29. The van der Waals surface area contributed by atoms with Crippen molar-refractivity contribution < 1.29 is 4.79 Å². The average molecular weight is 303 g/mol. The topological polar surface area (TPSA) is 33.2 Å². The number of benzene rings is 1. The summed E-state index contributed by atoms with van der Waals surface area (Å²) in [4.78, 5) is 18.0. The zero-order valence-corrected chi connectivity index (χ0v) is 13.5. The predicted octanol–water partition coefficient (Wildman–Crippen LogP) is 4.33. The predicted molar refractivity (Wildman–Crippen MR) is 87.7 cm³/mol. The van der Waals surface area contributed by atoms with Crippen LogP contribution in [0.3, 0.4) is 0 Å². The third-order valence-electron chi connectivity index (χ3n) is 3.47. The number of carbonyl (C=O) groups excluding carboxylic acids is 1. The monoisotopic (exact) mass is 302 g/mol. The van der Waals surface area contributed by atoms with E-state index in [1.165, 1.54) is 0 Å². The number of rotatable bonds is 3. The molecule has 0 spiro atoms. The first-order valence-electron chi connectivity index (χ1n) is 6.91. The van der Waals surface area contributed by atoms with E-state index in [-0.39, 0.29) is 11.8 Å². The smallest absolute Gasteiger partial charge is 0.229 e. The van der Waals surface area contributed by atoms with E-state index >= 15 is 0 Å². The van der Waals surface area contributed by atoms with Crippen molar-refractivity contribution in [2.24, 2.45) is 5.92 Å². The molecule has 0 atom stereocenters. The fourth-order valence-corrected chi connectivity index (χ4v) is 2.44. The maximum atomic E-state index is 12.3. The minimum Gasteiger partial charge on any atom is -0.313 e. The third kappa shape index (κ3) is 3.24. The maximum Gasteiger partial charge on any atom is 0.229 e. The van der Waals surface area contributed by atoms with Crippen molar-refractivity contribution in [2.75, 3.05) is 11.9 Å². The molecule has 0 N–H and O–H groups in total. The fraction of sp³-hybridized carbons (Fsp3) is 0.294. The highest BCUT2D eigenvalue weighted by atomic mass is 35.5. The van der Waals surface area contributed by atoms with E-state index in [0.717, 1.165) is 22.4 Å². The molecule has 0 unspecified atom stereocenters. The van der Waals surface area contributed by atoms with Crippen LogP contribution in [0.5, 0.6) is 0 Å². The van der Waals surface area contributed by atoms with Crippen LogP contribution in [-0.4, -0.2) is 17.9 Å². The number of pyridine rings is 1. The van der Waals surface area contributed by atoms with Crippen LogP contribution in [0.15, 0.2) is 36.5 Å². The van der Waals surface area contributed by atoms with Crippen molar-refractivity contribution in [2.45, 2.75) is 20.8 Å². The summed E-state index contributed by atoms with van der Waals surface area (Å²) in [6.45, 7) is 5.81. The molecule has 0 aliphatic heterocycles. The molecule has 21 heavy (non-hydrogen) atoms. The van der Waals surface area contributed by atoms with E-state index in [9.17, 15) is 4.79 Å². The van der Waals surface area contributed by atoms with Gasteiger partial charge in [0.05, 0.1) is 11.9 Å². The molecular formula is C17H19ClN2O. The van der Waals surface area contributed by atoms with Gasteiger partial charge in [0.25, 0.3) is 0 Å². The summed E-state index contributed by atoms with van der Waals surface area (Å²) in [5.41, 5.74) is 3.88. The molecule has 3 nitrogen and oxygen atoms in total. The average Bonchev–Trinajstić information content (AvgIpc) is 2.46. The van der Waals surface area contributed by atoms with Gasteiger partial charge in [-0.05, 0) is 24.1 Å². The molecule has 4 heteroatoms. The van der Waals surface area contributed by atoms with Crippen molar-refractivity contribution in [1.82, 2.24) is 4.98 Å². The van der Waals surface area contributed by atoms with E-state index in [1.54, 1.807) is 18.1 Å². The molecule has 0 radical (unpaired) electrons. The molecule has 1 aromatic heterocycles. The second-order valence-electron chi connectivity index (χ2n) is 5.39. The summed E-state index contributed by atoms with van der Waals surface area (Å²) in [5, 5.41) is 0.419. The van der Waals surface area contributed by atoms with Gasteiger partial charge in [-0.3, -0.25) is 4.79 Å². The number of carbonyl (C=O) groups is 1. The zero-order chi connectivity index (χ0) is 15.6. The van der Waals surface area contributed by atoms with Gasteiger partial charge >= 0.3 is 0 Å². The van der Waals surface area contributed by atoms with Gasteiger partial charge in [0.15, 0.2) is 0 Å². The van der Waals surface area contributed by atoms with Crippen LogP contribution < -0.4 is 4.90 Å². The van der Waals surface area contributed by atoms with Crippen LogP contribution in [0.4, 0.5) is 5.69 Å². The van der Waals surface area contributed by atoms with Crippen LogP contribution in [-0.2, 0) is 4.79 Å². The minimum absolute atomic E-state index is 0.0500. The number of hydrogen-bond donors (Lipinski definition) is 0. The summed E-state index contributed by atoms with van der Waals surface area (Å²) in [6.07, 6.45) is 1.66. The Morgan fingerprint density at radius 1 is 1.24 bits per heavy atom. The van der Waals surface area contributed by atoms with Crippen molar-refractivity contribution in [3.8, 4) is 11.1 Å². The summed E-state index contributed by atoms with van der Waals surface area (Å²) >= 11 is 6.05. The minimum atomic E-state index is -0.0737. The highest BCUT2D eigenvalue weighted by molar-refractivity contribution is 6.29. The number of nitrogens with zero attached hydrogens (tertiary/aromatic N) is 2. The number of aromatic nitrogens is 1. The van der Waals surface area contributed by atoms with Gasteiger partial charge in [0, 0.05) is 18.5 Å². The highest BCUT2D eigenvalue weighted by Gasteiger charge is 2.19. The Morgan fingerprint density at radius 2 is 1.90 bits per heavy atom. The Balaban J connectivity index is 2.59. The maximum absolute atomic E-state index is 12.3. The lowest BCUT2D eigenvalue weighted by Gasteiger charge is -2.23. The summed E-state index contributed by atoms with van der Waals surface area (Å²) in [6, 6.07) is 9.84. The van der Waals surface area contributed by atoms with Gasteiger partial charge in [-0.1, -0.05) is 49.7 Å². The Morgan fingerprint density at radius 3 is 2.52 bits per heavy atom. The standard InChI is InChI=1S/C17H19ClN2O/c1-11(2)17(21)20(4)15-10-19-16(18)9-14(15)13-8-6-5-7-12(13)3/h5-11H,1-4H3. The molecule has 110 valence electrons. The van der Waals surface area contributed by atoms with E-state index in [1.807, 2.05) is 51.1 Å². The first-order chi connectivity index (χ1) is 9.91. The van der Waals surface area contributed by atoms with Crippen LogP contribution in [0.25, 0.3) is 11.1 Å². The first-order valence-corrected chi connectivity index (χ1v) is 7.28. The number of amides is 1. The SMILES string of the molecule is Cc1ccccc1-c1cc(Cl)ncc1N(C)C(=O)C(C)C. The molecule has 0 bridgehead atoms. The van der Waals surface area contributed by atoms with Crippen LogP contribution in [0.1, 0.15) is 19.4 Å². The summed E-state index contributed by atoms with van der Waals surface area (Å²) < 4.78 is 0. The Labute approximate surface area is 130 Å². The number of halogens is 1. The van der Waals surface area contributed by atoms with Crippen LogP contribution in [0, 0.1) is 12.8 Å². The molecule has 0 fully saturated rings. The van der Waals surface area contributed by atoms with Gasteiger partial charge in [-0.2, -0.15) is 0 Å². The number of hydrogen-bond acceptors (Lipinski definition) is 2. The number of anilines is 1. The largest absolute Gasteiger partial charge is 0.313 e. The Kier molecular flexibility index (Phi) is 4.63. The second kappa shape index (κ2) is 6.27. The van der Waals surface area contributed by atoms with Crippen molar-refractivity contribution in [3.63, 3.8) is 0 Å². The molecule has 0 saturated heterocycles. The lowest BCUT2D eigenvalue weighted by Crippen LogP contribution is -2.30. The molecule has 2 rings (SSSR count). The summed E-state index contributed by atoms with van der Waals surface area (Å²) in [7, 11) is 1.77. The van der Waals surface area contributed by atoms with Crippen molar-refractivity contribution >= 4 is 23.2 Å². The van der Waals surface area contributed by atoms with Gasteiger partial charge in [0.1, 0.15) is 5.15 Å². The lowest BCUT2D eigenvalue weighted by molar-refractivity contribution is -0.121. The van der Waals surface area contributed by atoms with Crippen LogP contribution >= 0.6 is 11.6 Å². The second-order valence-corrected chi connectivity index (χ2v) is 5.78. The number of aryl methyl sites for hydroxylation is 1. The van der Waals surface area contributed by atoms with E-state index in [4.69, 9.17) is 11.6 Å². The molecule has 2 aromatic rings. The van der Waals surface area contributed by atoms with E-state index < -0.39 is 0 Å². The zero-order valence-electron chi connectivity index (χ0n) is 12.7. The quantitative estimate of drug-likeness (QED) is 0.791. The highest BCUT2D eigenvalue weighted by Crippen LogP contribution is 2.34. The Bertz CT molecular complexity index is 668. The lowest BCUT2D eigenvalue weighted by atomic mass is 9.99. The molecule has 0 aliphatic carbocycles.